The number of piperidine rings is 1. The summed E-state index contributed by atoms with van der Waals surface area (Å²) < 4.78 is 11.5. The van der Waals surface area contributed by atoms with E-state index in [-0.39, 0.29) is 6.10 Å². The third-order valence-corrected chi connectivity index (χ3v) is 3.60. The first-order valence-electron chi connectivity index (χ1n) is 6.87. The molecule has 2 aliphatic heterocycles. The summed E-state index contributed by atoms with van der Waals surface area (Å²) in [7, 11) is 0. The molecule has 2 aliphatic rings. The minimum atomic E-state index is -0.223. The molecule has 0 aromatic carbocycles. The monoisotopic (exact) mass is 243 g/mol. The van der Waals surface area contributed by atoms with E-state index in [1.54, 1.807) is 0 Å². The van der Waals surface area contributed by atoms with E-state index in [0.717, 1.165) is 52.1 Å². The number of β-amino-alcohol motifs (C(OH)–C–C–N with tert-alkyl or cyclic N) is 1. The molecule has 0 bridgehead atoms. The summed E-state index contributed by atoms with van der Waals surface area (Å²) in [6.07, 6.45) is 5.01. The summed E-state index contributed by atoms with van der Waals surface area (Å²) in [5.74, 6) is 0. The van der Waals surface area contributed by atoms with Crippen LogP contribution in [0.1, 0.15) is 32.6 Å². The van der Waals surface area contributed by atoms with Crippen molar-refractivity contribution >= 4 is 0 Å². The first-order chi connectivity index (χ1) is 8.24. The van der Waals surface area contributed by atoms with E-state index in [9.17, 15) is 5.11 Å². The van der Waals surface area contributed by atoms with Gasteiger partial charge in [0.25, 0.3) is 0 Å². The SMILES string of the molecule is C[C@H](O)CN1CCC(OC[C@H]2CCCO2)CC1. The van der Waals surface area contributed by atoms with Crippen molar-refractivity contribution in [1.29, 1.82) is 0 Å². The van der Waals surface area contributed by atoms with E-state index in [4.69, 9.17) is 9.47 Å². The second-order valence-electron chi connectivity index (χ2n) is 5.32. The fourth-order valence-corrected chi connectivity index (χ4v) is 2.65. The van der Waals surface area contributed by atoms with Crippen LogP contribution < -0.4 is 0 Å². The quantitative estimate of drug-likeness (QED) is 0.783. The second-order valence-corrected chi connectivity index (χ2v) is 5.32. The molecule has 0 aromatic heterocycles. The van der Waals surface area contributed by atoms with Crippen molar-refractivity contribution < 1.29 is 14.6 Å². The zero-order valence-corrected chi connectivity index (χ0v) is 10.8. The smallest absolute Gasteiger partial charge is 0.0809 e. The molecule has 0 spiro atoms. The minimum Gasteiger partial charge on any atom is -0.392 e. The number of nitrogens with zero attached hydrogens (tertiary/aromatic N) is 1. The van der Waals surface area contributed by atoms with Gasteiger partial charge in [0, 0.05) is 26.2 Å². The van der Waals surface area contributed by atoms with Crippen LogP contribution in [0.25, 0.3) is 0 Å². The number of rotatable bonds is 5. The number of aliphatic hydroxyl groups is 1. The Morgan fingerprint density at radius 3 is 2.71 bits per heavy atom. The maximum Gasteiger partial charge on any atom is 0.0809 e. The summed E-state index contributed by atoms with van der Waals surface area (Å²) in [4.78, 5) is 2.32. The molecular formula is C13H25NO3. The van der Waals surface area contributed by atoms with Crippen molar-refractivity contribution in [2.45, 2.75) is 50.9 Å². The standard InChI is InChI=1S/C13H25NO3/c1-11(15)9-14-6-4-12(5-7-14)17-10-13-3-2-8-16-13/h11-13,15H,2-10H2,1H3/t11-,13+/m0/s1. The van der Waals surface area contributed by atoms with Crippen LogP contribution in [0.4, 0.5) is 0 Å². The maximum atomic E-state index is 9.33. The lowest BCUT2D eigenvalue weighted by Crippen LogP contribution is -2.41. The summed E-state index contributed by atoms with van der Waals surface area (Å²) >= 11 is 0. The van der Waals surface area contributed by atoms with Crippen LogP contribution in [0.3, 0.4) is 0 Å². The third kappa shape index (κ3) is 4.54. The molecule has 4 nitrogen and oxygen atoms in total. The second kappa shape index (κ2) is 6.69. The van der Waals surface area contributed by atoms with E-state index in [2.05, 4.69) is 4.90 Å². The molecule has 0 unspecified atom stereocenters. The normalized spacial score (nSPS) is 29.6. The van der Waals surface area contributed by atoms with E-state index >= 15 is 0 Å². The summed E-state index contributed by atoms with van der Waals surface area (Å²) in [6.45, 7) is 6.39. The first-order valence-corrected chi connectivity index (χ1v) is 6.87. The average molecular weight is 243 g/mol. The molecule has 2 atom stereocenters. The molecule has 2 rings (SSSR count). The van der Waals surface area contributed by atoms with Crippen LogP contribution in [-0.2, 0) is 9.47 Å². The lowest BCUT2D eigenvalue weighted by atomic mass is 10.1. The van der Waals surface area contributed by atoms with Gasteiger partial charge in [0.2, 0.25) is 0 Å². The molecule has 0 aliphatic carbocycles. The van der Waals surface area contributed by atoms with Crippen LogP contribution in [0.2, 0.25) is 0 Å². The number of likely N-dealkylation sites (tertiary alicyclic amines) is 1. The Bertz CT molecular complexity index is 209. The molecule has 0 aromatic rings. The van der Waals surface area contributed by atoms with Gasteiger partial charge in [-0.1, -0.05) is 0 Å². The van der Waals surface area contributed by atoms with Crippen LogP contribution in [0.5, 0.6) is 0 Å². The van der Waals surface area contributed by atoms with E-state index in [0.29, 0.717) is 12.2 Å². The first kappa shape index (κ1) is 13.3. The van der Waals surface area contributed by atoms with Crippen LogP contribution >= 0.6 is 0 Å². The van der Waals surface area contributed by atoms with Gasteiger partial charge in [0.15, 0.2) is 0 Å². The minimum absolute atomic E-state index is 0.223. The van der Waals surface area contributed by atoms with Gasteiger partial charge < -0.3 is 19.5 Å². The topological polar surface area (TPSA) is 41.9 Å². The van der Waals surface area contributed by atoms with Gasteiger partial charge in [0.1, 0.15) is 0 Å². The summed E-state index contributed by atoms with van der Waals surface area (Å²) in [5.41, 5.74) is 0. The maximum absolute atomic E-state index is 9.33. The highest BCUT2D eigenvalue weighted by molar-refractivity contribution is 4.74. The third-order valence-electron chi connectivity index (χ3n) is 3.60. The van der Waals surface area contributed by atoms with Crippen molar-refractivity contribution in [3.8, 4) is 0 Å². The van der Waals surface area contributed by atoms with Crippen molar-refractivity contribution in [1.82, 2.24) is 4.90 Å². The number of ether oxygens (including phenoxy) is 2. The number of aliphatic hydroxyl groups excluding tert-OH is 1. The van der Waals surface area contributed by atoms with Crippen molar-refractivity contribution in [3.05, 3.63) is 0 Å². The van der Waals surface area contributed by atoms with Gasteiger partial charge in [-0.2, -0.15) is 0 Å². The summed E-state index contributed by atoms with van der Waals surface area (Å²) in [5, 5.41) is 9.33. The van der Waals surface area contributed by atoms with E-state index < -0.39 is 0 Å². The molecule has 2 fully saturated rings. The van der Waals surface area contributed by atoms with Crippen molar-refractivity contribution in [2.24, 2.45) is 0 Å². The Morgan fingerprint density at radius 2 is 2.12 bits per heavy atom. The van der Waals surface area contributed by atoms with Crippen molar-refractivity contribution in [3.63, 3.8) is 0 Å². The Hall–Kier alpha value is -0.160. The van der Waals surface area contributed by atoms with Gasteiger partial charge in [0.05, 0.1) is 24.9 Å². The zero-order valence-electron chi connectivity index (χ0n) is 10.8. The molecule has 100 valence electrons. The van der Waals surface area contributed by atoms with E-state index in [1.807, 2.05) is 6.92 Å². The highest BCUT2D eigenvalue weighted by Crippen LogP contribution is 2.17. The highest BCUT2D eigenvalue weighted by Gasteiger charge is 2.22. The van der Waals surface area contributed by atoms with Gasteiger partial charge in [-0.15, -0.1) is 0 Å². The average Bonchev–Trinajstić information content (AvgIpc) is 2.80. The molecule has 0 saturated carbocycles. The highest BCUT2D eigenvalue weighted by atomic mass is 16.5. The van der Waals surface area contributed by atoms with Crippen LogP contribution in [-0.4, -0.2) is 61.2 Å². The lowest BCUT2D eigenvalue weighted by molar-refractivity contribution is -0.0447. The Kier molecular flexibility index (Phi) is 5.22. The van der Waals surface area contributed by atoms with E-state index in [1.165, 1.54) is 6.42 Å². The molecule has 1 N–H and O–H groups in total. The predicted molar refractivity (Wildman–Crippen MR) is 66.1 cm³/mol. The number of hydrogen-bond donors (Lipinski definition) is 1. The van der Waals surface area contributed by atoms with Gasteiger partial charge in [-0.25, -0.2) is 0 Å². The number of hydrogen-bond acceptors (Lipinski definition) is 4. The molecule has 0 radical (unpaired) electrons. The Morgan fingerprint density at radius 1 is 1.35 bits per heavy atom. The van der Waals surface area contributed by atoms with Gasteiger partial charge >= 0.3 is 0 Å². The molecule has 0 amide bonds. The fourth-order valence-electron chi connectivity index (χ4n) is 2.65. The Balaban J connectivity index is 1.58. The predicted octanol–water partition coefficient (Wildman–Crippen LogP) is 1.03. The molecule has 4 heteroatoms. The van der Waals surface area contributed by atoms with Gasteiger partial charge in [-0.05, 0) is 32.6 Å². The molecular weight excluding hydrogens is 218 g/mol. The van der Waals surface area contributed by atoms with Gasteiger partial charge in [-0.3, -0.25) is 0 Å². The van der Waals surface area contributed by atoms with Crippen LogP contribution in [0.15, 0.2) is 0 Å². The van der Waals surface area contributed by atoms with Crippen molar-refractivity contribution in [2.75, 3.05) is 32.8 Å². The lowest BCUT2D eigenvalue weighted by Gasteiger charge is -2.32. The molecule has 2 heterocycles. The molecule has 2 saturated heterocycles. The zero-order chi connectivity index (χ0) is 12.1. The largest absolute Gasteiger partial charge is 0.392 e. The Labute approximate surface area is 104 Å². The fraction of sp³-hybridized carbons (Fsp3) is 1.00. The van der Waals surface area contributed by atoms with Crippen LogP contribution in [0, 0.1) is 0 Å². The molecule has 17 heavy (non-hydrogen) atoms. The summed E-state index contributed by atoms with van der Waals surface area (Å²) in [6, 6.07) is 0.